The number of hydrogen-bond acceptors (Lipinski definition) is 4. The molecule has 0 radical (unpaired) electrons. The van der Waals surface area contributed by atoms with Gasteiger partial charge in [0.05, 0.1) is 0 Å². The molecule has 0 atom stereocenters. The topological polar surface area (TPSA) is 65.5 Å². The molecule has 136 valence electrons. The van der Waals surface area contributed by atoms with Crippen LogP contribution in [0.3, 0.4) is 0 Å². The van der Waals surface area contributed by atoms with Crippen LogP contribution in [-0.2, 0) is 16.1 Å². The second-order valence-corrected chi connectivity index (χ2v) is 6.51. The van der Waals surface area contributed by atoms with Crippen LogP contribution in [0.4, 0.5) is 5.82 Å². The molecule has 3 rings (SSSR count). The Kier molecular flexibility index (Phi) is 6.07. The summed E-state index contributed by atoms with van der Waals surface area (Å²) in [6, 6.07) is 13.1. The molecule has 1 N–H and O–H groups in total. The van der Waals surface area contributed by atoms with Gasteiger partial charge >= 0.3 is 0 Å². The Morgan fingerprint density at radius 1 is 1.04 bits per heavy atom. The first kappa shape index (κ1) is 18.2. The first-order chi connectivity index (χ1) is 12.6. The molecule has 1 aromatic carbocycles. The number of rotatable bonds is 5. The molecule has 1 saturated heterocycles. The number of piperazine rings is 1. The van der Waals surface area contributed by atoms with Gasteiger partial charge in [0.1, 0.15) is 12.2 Å². The Bertz CT molecular complexity index is 761. The minimum Gasteiger partial charge on any atom is -0.353 e. The van der Waals surface area contributed by atoms with Crippen molar-refractivity contribution in [2.45, 2.75) is 13.0 Å². The number of carbonyl (C=O) groups excluding carboxylic acids is 2. The Morgan fingerprint density at radius 2 is 1.77 bits per heavy atom. The van der Waals surface area contributed by atoms with Crippen molar-refractivity contribution in [1.29, 1.82) is 0 Å². The second kappa shape index (κ2) is 8.67. The molecule has 6 nitrogen and oxygen atoms in total. The van der Waals surface area contributed by atoms with Crippen molar-refractivity contribution < 1.29 is 9.59 Å². The van der Waals surface area contributed by atoms with Crippen LogP contribution in [0.1, 0.15) is 12.0 Å². The van der Waals surface area contributed by atoms with Crippen molar-refractivity contribution in [2.75, 3.05) is 31.1 Å². The van der Waals surface area contributed by atoms with Gasteiger partial charge in [0, 0.05) is 43.9 Å². The third-order valence-electron chi connectivity index (χ3n) is 4.35. The van der Waals surface area contributed by atoms with Crippen molar-refractivity contribution in [3.05, 3.63) is 59.2 Å². The molecule has 1 fully saturated rings. The fraction of sp³-hybridized carbons (Fsp3) is 0.316. The molecule has 1 aliphatic rings. The van der Waals surface area contributed by atoms with E-state index in [9.17, 15) is 9.59 Å². The lowest BCUT2D eigenvalue weighted by Crippen LogP contribution is -2.49. The quantitative estimate of drug-likeness (QED) is 0.816. The number of nitrogens with zero attached hydrogens (tertiary/aromatic N) is 3. The summed E-state index contributed by atoms with van der Waals surface area (Å²) in [5.41, 5.74) is 0.832. The van der Waals surface area contributed by atoms with Gasteiger partial charge in [0.15, 0.2) is 0 Å². The van der Waals surface area contributed by atoms with E-state index in [0.29, 0.717) is 37.7 Å². The van der Waals surface area contributed by atoms with Gasteiger partial charge in [-0.1, -0.05) is 35.9 Å². The zero-order valence-corrected chi connectivity index (χ0v) is 15.2. The van der Waals surface area contributed by atoms with Gasteiger partial charge in [-0.25, -0.2) is 4.98 Å². The average Bonchev–Trinajstić information content (AvgIpc) is 2.68. The van der Waals surface area contributed by atoms with Gasteiger partial charge in [-0.2, -0.15) is 0 Å². The number of hydrogen-bond donors (Lipinski definition) is 1. The predicted molar refractivity (Wildman–Crippen MR) is 101 cm³/mol. The summed E-state index contributed by atoms with van der Waals surface area (Å²) in [4.78, 5) is 32.6. The summed E-state index contributed by atoms with van der Waals surface area (Å²) in [5.74, 6) is 0.474. The molecular weight excluding hydrogens is 352 g/mol. The van der Waals surface area contributed by atoms with E-state index in [-0.39, 0.29) is 18.2 Å². The normalized spacial score (nSPS) is 14.2. The highest BCUT2D eigenvalue weighted by molar-refractivity contribution is 6.31. The van der Waals surface area contributed by atoms with Gasteiger partial charge in [0.25, 0.3) is 0 Å². The van der Waals surface area contributed by atoms with Crippen molar-refractivity contribution in [3.8, 4) is 0 Å². The van der Waals surface area contributed by atoms with E-state index >= 15 is 0 Å². The highest BCUT2D eigenvalue weighted by Gasteiger charge is 2.23. The van der Waals surface area contributed by atoms with Gasteiger partial charge in [-0.15, -0.1) is 0 Å². The maximum atomic E-state index is 12.3. The number of aromatic nitrogens is 1. The zero-order chi connectivity index (χ0) is 18.4. The summed E-state index contributed by atoms with van der Waals surface area (Å²) in [6.45, 7) is 2.92. The van der Waals surface area contributed by atoms with Crippen LogP contribution in [0.15, 0.2) is 48.7 Å². The molecule has 0 spiro atoms. The van der Waals surface area contributed by atoms with Crippen molar-refractivity contribution in [1.82, 2.24) is 15.2 Å². The number of nitrogens with one attached hydrogen (secondary N) is 1. The predicted octanol–water partition coefficient (Wildman–Crippen LogP) is 2.09. The third-order valence-corrected chi connectivity index (χ3v) is 4.72. The van der Waals surface area contributed by atoms with Gasteiger partial charge in [-0.05, 0) is 23.8 Å². The number of benzene rings is 1. The monoisotopic (exact) mass is 372 g/mol. The Labute approximate surface area is 157 Å². The van der Waals surface area contributed by atoms with Gasteiger partial charge < -0.3 is 15.1 Å². The van der Waals surface area contributed by atoms with Crippen LogP contribution < -0.4 is 10.2 Å². The number of carbonyl (C=O) groups is 2. The van der Waals surface area contributed by atoms with E-state index in [1.807, 2.05) is 36.4 Å². The first-order valence-electron chi connectivity index (χ1n) is 8.57. The van der Waals surface area contributed by atoms with E-state index in [4.69, 9.17) is 11.6 Å². The van der Waals surface area contributed by atoms with E-state index in [1.165, 1.54) is 0 Å². The van der Waals surface area contributed by atoms with Crippen molar-refractivity contribution in [2.24, 2.45) is 0 Å². The molecule has 0 bridgehead atoms. The van der Waals surface area contributed by atoms with Crippen LogP contribution in [0.5, 0.6) is 0 Å². The molecule has 0 aliphatic carbocycles. The van der Waals surface area contributed by atoms with Crippen molar-refractivity contribution >= 4 is 29.2 Å². The molecule has 1 aliphatic heterocycles. The molecular formula is C19H21ClN4O2. The number of amides is 2. The number of halogens is 1. The van der Waals surface area contributed by atoms with Crippen LogP contribution >= 0.6 is 11.6 Å². The standard InChI is InChI=1S/C19H21ClN4O2/c20-16-6-2-1-5-15(16)14-22-18(25)13-19(26)24-11-9-23(10-12-24)17-7-3-4-8-21-17/h1-8H,9-14H2,(H,22,25). The summed E-state index contributed by atoms with van der Waals surface area (Å²) in [7, 11) is 0. The Morgan fingerprint density at radius 3 is 2.46 bits per heavy atom. The summed E-state index contributed by atoms with van der Waals surface area (Å²) in [5, 5.41) is 3.35. The minimum atomic E-state index is -0.290. The van der Waals surface area contributed by atoms with E-state index in [0.717, 1.165) is 11.4 Å². The molecule has 0 unspecified atom stereocenters. The average molecular weight is 373 g/mol. The van der Waals surface area contributed by atoms with Gasteiger partial charge in [0.2, 0.25) is 11.8 Å². The molecule has 26 heavy (non-hydrogen) atoms. The molecule has 2 amide bonds. The maximum absolute atomic E-state index is 12.3. The Balaban J connectivity index is 1.44. The summed E-state index contributed by atoms with van der Waals surface area (Å²) < 4.78 is 0. The third kappa shape index (κ3) is 4.73. The largest absolute Gasteiger partial charge is 0.353 e. The SMILES string of the molecule is O=C(CC(=O)N1CCN(c2ccccn2)CC1)NCc1ccccc1Cl. The minimum absolute atomic E-state index is 0.145. The van der Waals surface area contributed by atoms with Crippen molar-refractivity contribution in [3.63, 3.8) is 0 Å². The Hall–Kier alpha value is -2.60. The van der Waals surface area contributed by atoms with Crippen LogP contribution in [-0.4, -0.2) is 47.9 Å². The fourth-order valence-electron chi connectivity index (χ4n) is 2.87. The molecule has 2 heterocycles. The van der Waals surface area contributed by atoms with Crippen LogP contribution in [0.25, 0.3) is 0 Å². The zero-order valence-electron chi connectivity index (χ0n) is 14.4. The van der Waals surface area contributed by atoms with E-state index < -0.39 is 0 Å². The smallest absolute Gasteiger partial charge is 0.232 e. The number of anilines is 1. The molecule has 2 aromatic rings. The lowest BCUT2D eigenvalue weighted by Gasteiger charge is -2.35. The molecule has 7 heteroatoms. The summed E-state index contributed by atoms with van der Waals surface area (Å²) in [6.07, 6.45) is 1.62. The molecule has 0 saturated carbocycles. The first-order valence-corrected chi connectivity index (χ1v) is 8.95. The second-order valence-electron chi connectivity index (χ2n) is 6.10. The van der Waals surface area contributed by atoms with Crippen LogP contribution in [0, 0.1) is 0 Å². The maximum Gasteiger partial charge on any atom is 0.232 e. The van der Waals surface area contributed by atoms with E-state index in [1.54, 1.807) is 17.2 Å². The fourth-order valence-corrected chi connectivity index (χ4v) is 3.08. The lowest BCUT2D eigenvalue weighted by molar-refractivity contribution is -0.136. The molecule has 1 aromatic heterocycles. The van der Waals surface area contributed by atoms with E-state index in [2.05, 4.69) is 15.2 Å². The van der Waals surface area contributed by atoms with Crippen LogP contribution in [0.2, 0.25) is 5.02 Å². The highest BCUT2D eigenvalue weighted by Crippen LogP contribution is 2.15. The highest BCUT2D eigenvalue weighted by atomic mass is 35.5. The lowest BCUT2D eigenvalue weighted by atomic mass is 10.2. The van der Waals surface area contributed by atoms with Gasteiger partial charge in [-0.3, -0.25) is 9.59 Å². The summed E-state index contributed by atoms with van der Waals surface area (Å²) >= 11 is 6.06. The number of pyridine rings is 1.